The molecule has 1 aromatic rings. The van der Waals surface area contributed by atoms with Crippen LogP contribution in [-0.2, 0) is 9.53 Å². The highest BCUT2D eigenvalue weighted by atomic mass is 35.5. The first kappa shape index (κ1) is 19.0. The normalized spacial score (nSPS) is 11.6. The number of aliphatic carboxylic acids is 1. The van der Waals surface area contributed by atoms with Crippen LogP contribution in [0, 0.1) is 0 Å². The Balaban J connectivity index is 2.54. The third-order valence-electron chi connectivity index (χ3n) is 3.26. The van der Waals surface area contributed by atoms with Crippen LogP contribution in [0.25, 0.3) is 0 Å². The second kappa shape index (κ2) is 9.90. The van der Waals surface area contributed by atoms with Crippen LogP contribution in [0.1, 0.15) is 39.0 Å². The van der Waals surface area contributed by atoms with Crippen molar-refractivity contribution in [2.45, 2.75) is 45.1 Å². The summed E-state index contributed by atoms with van der Waals surface area (Å²) in [6.45, 7) is 5.84. The lowest BCUT2D eigenvalue weighted by Gasteiger charge is -2.16. The first-order valence-corrected chi connectivity index (χ1v) is 7.95. The number of halogens is 1. The summed E-state index contributed by atoms with van der Waals surface area (Å²) in [4.78, 5) is 23.1. The first-order valence-electron chi connectivity index (χ1n) is 7.57. The number of unbranched alkanes of at least 4 members (excludes halogenated alkanes) is 3. The van der Waals surface area contributed by atoms with E-state index in [1.54, 1.807) is 24.3 Å². The Hall–Kier alpha value is -2.01. The maximum atomic E-state index is 11.8. The van der Waals surface area contributed by atoms with Gasteiger partial charge in [0.2, 0.25) is 6.10 Å². The molecule has 0 aliphatic heterocycles. The van der Waals surface area contributed by atoms with E-state index in [0.29, 0.717) is 22.7 Å². The van der Waals surface area contributed by atoms with Crippen LogP contribution in [-0.4, -0.2) is 23.3 Å². The molecule has 0 bridgehead atoms. The Kier molecular flexibility index (Phi) is 8.19. The molecule has 1 aromatic carbocycles. The van der Waals surface area contributed by atoms with Crippen molar-refractivity contribution in [1.29, 1.82) is 0 Å². The second-order valence-electron chi connectivity index (χ2n) is 5.22. The van der Waals surface area contributed by atoms with Gasteiger partial charge in [0.1, 0.15) is 0 Å². The number of benzene rings is 1. The lowest BCUT2D eigenvalue weighted by molar-refractivity contribution is -0.144. The molecule has 1 atom stereocenters. The fraction of sp³-hybridized carbons (Fsp3) is 0.412. The molecule has 0 saturated heterocycles. The fourth-order valence-electron chi connectivity index (χ4n) is 2.01. The van der Waals surface area contributed by atoms with E-state index in [9.17, 15) is 14.7 Å². The quantitative estimate of drug-likeness (QED) is 0.497. The lowest BCUT2D eigenvalue weighted by Crippen LogP contribution is -2.30. The number of amides is 1. The molecule has 0 aliphatic rings. The molecule has 126 valence electrons. The van der Waals surface area contributed by atoms with E-state index in [-0.39, 0.29) is 0 Å². The van der Waals surface area contributed by atoms with E-state index < -0.39 is 18.2 Å². The maximum absolute atomic E-state index is 11.8. The fourth-order valence-corrected chi connectivity index (χ4v) is 2.13. The smallest absolute Gasteiger partial charge is 0.412 e. The van der Waals surface area contributed by atoms with Gasteiger partial charge in [-0.15, -0.1) is 0 Å². The van der Waals surface area contributed by atoms with Gasteiger partial charge in [-0.1, -0.05) is 44.4 Å². The average molecular weight is 340 g/mol. The van der Waals surface area contributed by atoms with E-state index in [0.717, 1.165) is 25.7 Å². The molecule has 6 heteroatoms. The minimum absolute atomic E-state index is 0.389. The zero-order valence-electron chi connectivity index (χ0n) is 13.2. The first-order chi connectivity index (χ1) is 10.9. The lowest BCUT2D eigenvalue weighted by atomic mass is 10.0. The largest absolute Gasteiger partial charge is 0.478 e. The van der Waals surface area contributed by atoms with E-state index in [4.69, 9.17) is 16.3 Å². The highest BCUT2D eigenvalue weighted by Crippen LogP contribution is 2.17. The molecule has 0 saturated carbocycles. The molecule has 1 amide bonds. The molecule has 0 aliphatic carbocycles. The highest BCUT2D eigenvalue weighted by Gasteiger charge is 2.25. The average Bonchev–Trinajstić information content (AvgIpc) is 2.51. The summed E-state index contributed by atoms with van der Waals surface area (Å²) in [6, 6.07) is 6.41. The van der Waals surface area contributed by atoms with Crippen LogP contribution >= 0.6 is 11.6 Å². The van der Waals surface area contributed by atoms with Crippen LogP contribution in [0.3, 0.4) is 0 Å². The molecule has 23 heavy (non-hydrogen) atoms. The number of nitrogens with one attached hydrogen (secondary N) is 1. The molecule has 0 fully saturated rings. The van der Waals surface area contributed by atoms with Gasteiger partial charge in [-0.2, -0.15) is 0 Å². The summed E-state index contributed by atoms with van der Waals surface area (Å²) >= 11 is 5.75. The molecule has 2 N–H and O–H groups in total. The Labute approximate surface area is 141 Å². The van der Waals surface area contributed by atoms with Crippen LogP contribution in [0.5, 0.6) is 0 Å². The van der Waals surface area contributed by atoms with Crippen LogP contribution < -0.4 is 5.32 Å². The SMILES string of the molecule is C=C(CCCCCC)C(OC(=O)Nc1ccc(Cl)cc1)C(=O)O. The van der Waals surface area contributed by atoms with Gasteiger partial charge in [0.05, 0.1) is 0 Å². The highest BCUT2D eigenvalue weighted by molar-refractivity contribution is 6.30. The van der Waals surface area contributed by atoms with Crippen molar-refractivity contribution in [2.75, 3.05) is 5.32 Å². The zero-order valence-corrected chi connectivity index (χ0v) is 13.9. The summed E-state index contributed by atoms with van der Waals surface area (Å²) in [7, 11) is 0. The summed E-state index contributed by atoms with van der Waals surface area (Å²) < 4.78 is 4.98. The van der Waals surface area contributed by atoms with Crippen LogP contribution in [0.4, 0.5) is 10.5 Å². The number of rotatable bonds is 9. The van der Waals surface area contributed by atoms with Gasteiger partial charge in [0, 0.05) is 10.7 Å². The third kappa shape index (κ3) is 7.19. The summed E-state index contributed by atoms with van der Waals surface area (Å²) in [5.74, 6) is -1.23. The summed E-state index contributed by atoms with van der Waals surface area (Å²) in [5, 5.41) is 12.2. The number of anilines is 1. The molecule has 0 spiro atoms. The molecule has 0 aromatic heterocycles. The maximum Gasteiger partial charge on any atom is 0.412 e. The number of hydrogen-bond acceptors (Lipinski definition) is 3. The molecular weight excluding hydrogens is 318 g/mol. The van der Waals surface area contributed by atoms with Crippen LogP contribution in [0.2, 0.25) is 5.02 Å². The van der Waals surface area contributed by atoms with E-state index in [1.165, 1.54) is 0 Å². The number of carboxylic acid groups (broad SMARTS) is 1. The van der Waals surface area contributed by atoms with E-state index in [1.807, 2.05) is 0 Å². The molecule has 1 rings (SSSR count). The van der Waals surface area contributed by atoms with Gasteiger partial charge in [-0.05, 0) is 42.7 Å². The third-order valence-corrected chi connectivity index (χ3v) is 3.51. The monoisotopic (exact) mass is 339 g/mol. The second-order valence-corrected chi connectivity index (χ2v) is 5.66. The Morgan fingerprint density at radius 2 is 1.91 bits per heavy atom. The minimum atomic E-state index is -1.34. The van der Waals surface area contributed by atoms with Crippen molar-refractivity contribution in [1.82, 2.24) is 0 Å². The topological polar surface area (TPSA) is 75.6 Å². The number of carbonyl (C=O) groups is 2. The number of carbonyl (C=O) groups excluding carboxylic acids is 1. The van der Waals surface area contributed by atoms with E-state index >= 15 is 0 Å². The van der Waals surface area contributed by atoms with Gasteiger partial charge < -0.3 is 9.84 Å². The zero-order chi connectivity index (χ0) is 17.2. The van der Waals surface area contributed by atoms with Crippen molar-refractivity contribution >= 4 is 29.4 Å². The van der Waals surface area contributed by atoms with Crippen molar-refractivity contribution in [3.8, 4) is 0 Å². The minimum Gasteiger partial charge on any atom is -0.478 e. The summed E-state index contributed by atoms with van der Waals surface area (Å²) in [5.41, 5.74) is 0.858. The number of ether oxygens (including phenoxy) is 1. The van der Waals surface area contributed by atoms with Crippen molar-refractivity contribution in [2.24, 2.45) is 0 Å². The van der Waals surface area contributed by atoms with Gasteiger partial charge in [0.25, 0.3) is 0 Å². The Morgan fingerprint density at radius 1 is 1.26 bits per heavy atom. The molecule has 5 nitrogen and oxygen atoms in total. The predicted octanol–water partition coefficient (Wildman–Crippen LogP) is 4.87. The molecular formula is C17H22ClNO4. The number of hydrogen-bond donors (Lipinski definition) is 2. The van der Waals surface area contributed by atoms with Crippen molar-refractivity contribution in [3.05, 3.63) is 41.4 Å². The van der Waals surface area contributed by atoms with Crippen molar-refractivity contribution in [3.63, 3.8) is 0 Å². The predicted molar refractivity (Wildman–Crippen MR) is 90.9 cm³/mol. The van der Waals surface area contributed by atoms with Crippen molar-refractivity contribution < 1.29 is 19.4 Å². The van der Waals surface area contributed by atoms with Gasteiger partial charge in [-0.3, -0.25) is 5.32 Å². The Bertz CT molecular complexity index is 542. The molecule has 0 radical (unpaired) electrons. The van der Waals surface area contributed by atoms with Gasteiger partial charge in [-0.25, -0.2) is 9.59 Å². The van der Waals surface area contributed by atoms with Gasteiger partial charge in [0.15, 0.2) is 0 Å². The summed E-state index contributed by atoms with van der Waals surface area (Å²) in [6.07, 6.45) is 2.35. The molecule has 0 heterocycles. The molecule has 1 unspecified atom stereocenters. The van der Waals surface area contributed by atoms with Gasteiger partial charge >= 0.3 is 12.1 Å². The van der Waals surface area contributed by atoms with E-state index in [2.05, 4.69) is 18.8 Å². The van der Waals surface area contributed by atoms with Crippen LogP contribution in [0.15, 0.2) is 36.4 Å². The standard InChI is InChI=1S/C17H22ClNO4/c1-3-4-5-6-7-12(2)15(16(20)21)23-17(22)19-14-10-8-13(18)9-11-14/h8-11,15H,2-7H2,1H3,(H,19,22)(H,20,21). The Morgan fingerprint density at radius 3 is 2.48 bits per heavy atom. The number of carboxylic acids is 1.